The highest BCUT2D eigenvalue weighted by Gasteiger charge is 2.36. The third kappa shape index (κ3) is 3.58. The standard InChI is InChI=1S/C18H23N3O3/c1-12-7-9-13(10-8-12)15-19-16(24-20-15)14-6-5-11-21(14)17(22)23-18(2,3)4/h7-10,14H,5-6,11H2,1-4H3. The molecule has 24 heavy (non-hydrogen) atoms. The summed E-state index contributed by atoms with van der Waals surface area (Å²) in [5.74, 6) is 1.01. The first-order valence-electron chi connectivity index (χ1n) is 8.24. The lowest BCUT2D eigenvalue weighted by Gasteiger charge is -2.26. The number of hydrogen-bond acceptors (Lipinski definition) is 5. The van der Waals surface area contributed by atoms with Crippen molar-refractivity contribution >= 4 is 6.09 Å². The van der Waals surface area contributed by atoms with Crippen LogP contribution >= 0.6 is 0 Å². The quantitative estimate of drug-likeness (QED) is 0.829. The molecular weight excluding hydrogens is 306 g/mol. The maximum absolute atomic E-state index is 12.4. The molecule has 1 unspecified atom stereocenters. The molecule has 0 spiro atoms. The van der Waals surface area contributed by atoms with E-state index in [0.29, 0.717) is 18.3 Å². The summed E-state index contributed by atoms with van der Waals surface area (Å²) in [5.41, 5.74) is 1.55. The Hall–Kier alpha value is -2.37. The molecular formula is C18H23N3O3. The number of rotatable bonds is 2. The summed E-state index contributed by atoms with van der Waals surface area (Å²) < 4.78 is 10.9. The minimum absolute atomic E-state index is 0.216. The Bertz CT molecular complexity index is 716. The van der Waals surface area contributed by atoms with Gasteiger partial charge in [0.2, 0.25) is 11.7 Å². The van der Waals surface area contributed by atoms with Crippen molar-refractivity contribution in [2.75, 3.05) is 6.54 Å². The Morgan fingerprint density at radius 1 is 1.29 bits per heavy atom. The second-order valence-electron chi connectivity index (χ2n) is 7.15. The topological polar surface area (TPSA) is 68.5 Å². The average molecular weight is 329 g/mol. The van der Waals surface area contributed by atoms with Gasteiger partial charge in [-0.05, 0) is 40.5 Å². The third-order valence-corrected chi connectivity index (χ3v) is 3.92. The Morgan fingerprint density at radius 2 is 2.00 bits per heavy atom. The number of aryl methyl sites for hydroxylation is 1. The zero-order valence-electron chi connectivity index (χ0n) is 14.6. The minimum atomic E-state index is -0.522. The summed E-state index contributed by atoms with van der Waals surface area (Å²) in [7, 11) is 0. The summed E-state index contributed by atoms with van der Waals surface area (Å²) in [6, 6.07) is 7.72. The smallest absolute Gasteiger partial charge is 0.410 e. The number of benzene rings is 1. The van der Waals surface area contributed by atoms with Gasteiger partial charge >= 0.3 is 6.09 Å². The van der Waals surface area contributed by atoms with Crippen LogP contribution in [0.5, 0.6) is 0 Å². The molecule has 6 heteroatoms. The summed E-state index contributed by atoms with van der Waals surface area (Å²) >= 11 is 0. The molecule has 0 saturated carbocycles. The Morgan fingerprint density at radius 3 is 2.67 bits per heavy atom. The fourth-order valence-corrected chi connectivity index (χ4v) is 2.75. The highest BCUT2D eigenvalue weighted by atomic mass is 16.6. The minimum Gasteiger partial charge on any atom is -0.444 e. The van der Waals surface area contributed by atoms with Crippen molar-refractivity contribution in [2.24, 2.45) is 0 Å². The molecule has 3 rings (SSSR count). The van der Waals surface area contributed by atoms with E-state index in [4.69, 9.17) is 9.26 Å². The van der Waals surface area contributed by atoms with Gasteiger partial charge in [0.25, 0.3) is 0 Å². The first kappa shape index (κ1) is 16.5. The SMILES string of the molecule is Cc1ccc(-c2noc(C3CCCN3C(=O)OC(C)(C)C)n2)cc1. The van der Waals surface area contributed by atoms with E-state index in [1.54, 1.807) is 4.90 Å². The lowest BCUT2D eigenvalue weighted by molar-refractivity contribution is 0.0199. The number of likely N-dealkylation sites (tertiary alicyclic amines) is 1. The number of ether oxygens (including phenoxy) is 1. The van der Waals surface area contributed by atoms with Crippen LogP contribution in [0.15, 0.2) is 28.8 Å². The Balaban J connectivity index is 1.78. The number of aromatic nitrogens is 2. The van der Waals surface area contributed by atoms with Crippen LogP contribution in [0, 0.1) is 6.92 Å². The van der Waals surface area contributed by atoms with Crippen molar-refractivity contribution in [1.29, 1.82) is 0 Å². The van der Waals surface area contributed by atoms with Crippen LogP contribution in [0.2, 0.25) is 0 Å². The molecule has 6 nitrogen and oxygen atoms in total. The number of carbonyl (C=O) groups excluding carboxylic acids is 1. The first-order valence-corrected chi connectivity index (χ1v) is 8.24. The van der Waals surface area contributed by atoms with Crippen LogP contribution in [0.25, 0.3) is 11.4 Å². The molecule has 0 radical (unpaired) electrons. The second-order valence-corrected chi connectivity index (χ2v) is 7.15. The van der Waals surface area contributed by atoms with Gasteiger partial charge in [0.15, 0.2) is 0 Å². The van der Waals surface area contributed by atoms with Gasteiger partial charge in [-0.1, -0.05) is 35.0 Å². The van der Waals surface area contributed by atoms with Gasteiger partial charge in [0.05, 0.1) is 0 Å². The van der Waals surface area contributed by atoms with Crippen molar-refractivity contribution < 1.29 is 14.1 Å². The molecule has 0 N–H and O–H groups in total. The fourth-order valence-electron chi connectivity index (χ4n) is 2.75. The van der Waals surface area contributed by atoms with Crippen molar-refractivity contribution in [1.82, 2.24) is 15.0 Å². The number of hydrogen-bond donors (Lipinski definition) is 0. The number of nitrogens with zero attached hydrogens (tertiary/aromatic N) is 3. The van der Waals surface area contributed by atoms with Gasteiger partial charge in [-0.25, -0.2) is 4.79 Å². The molecule has 1 fully saturated rings. The van der Waals surface area contributed by atoms with Gasteiger partial charge in [0.1, 0.15) is 11.6 Å². The van der Waals surface area contributed by atoms with Crippen LogP contribution in [-0.4, -0.2) is 33.3 Å². The van der Waals surface area contributed by atoms with Crippen molar-refractivity contribution in [3.63, 3.8) is 0 Å². The largest absolute Gasteiger partial charge is 0.444 e. The van der Waals surface area contributed by atoms with E-state index in [1.807, 2.05) is 52.0 Å². The highest BCUT2D eigenvalue weighted by Crippen LogP contribution is 2.33. The van der Waals surface area contributed by atoms with Crippen molar-refractivity contribution in [3.8, 4) is 11.4 Å². The third-order valence-electron chi connectivity index (χ3n) is 3.92. The molecule has 1 saturated heterocycles. The summed E-state index contributed by atoms with van der Waals surface area (Å²) in [6.07, 6.45) is 1.36. The molecule has 1 amide bonds. The molecule has 1 aliphatic rings. The zero-order chi connectivity index (χ0) is 17.3. The molecule has 1 aliphatic heterocycles. The van der Waals surface area contributed by atoms with Gasteiger partial charge in [0, 0.05) is 12.1 Å². The Labute approximate surface area is 141 Å². The first-order chi connectivity index (χ1) is 11.3. The molecule has 0 aliphatic carbocycles. The van der Waals surface area contributed by atoms with E-state index in [9.17, 15) is 4.79 Å². The maximum atomic E-state index is 12.4. The monoisotopic (exact) mass is 329 g/mol. The van der Waals surface area contributed by atoms with Crippen LogP contribution < -0.4 is 0 Å². The number of amides is 1. The van der Waals surface area contributed by atoms with E-state index in [2.05, 4.69) is 10.1 Å². The fraction of sp³-hybridized carbons (Fsp3) is 0.500. The van der Waals surface area contributed by atoms with Crippen LogP contribution in [0.4, 0.5) is 4.79 Å². The zero-order valence-corrected chi connectivity index (χ0v) is 14.6. The maximum Gasteiger partial charge on any atom is 0.410 e. The predicted octanol–water partition coefficient (Wildman–Crippen LogP) is 4.12. The van der Waals surface area contributed by atoms with Crippen LogP contribution in [-0.2, 0) is 4.74 Å². The van der Waals surface area contributed by atoms with Crippen molar-refractivity contribution in [2.45, 2.75) is 52.2 Å². The van der Waals surface area contributed by atoms with E-state index < -0.39 is 5.60 Å². The predicted molar refractivity (Wildman–Crippen MR) is 89.4 cm³/mol. The number of carbonyl (C=O) groups is 1. The van der Waals surface area contributed by atoms with Gasteiger partial charge in [-0.3, -0.25) is 4.90 Å². The van der Waals surface area contributed by atoms with E-state index >= 15 is 0 Å². The van der Waals surface area contributed by atoms with Crippen LogP contribution in [0.1, 0.15) is 51.1 Å². The van der Waals surface area contributed by atoms with E-state index in [0.717, 1.165) is 18.4 Å². The summed E-state index contributed by atoms with van der Waals surface area (Å²) in [5, 5.41) is 4.06. The normalized spacial score (nSPS) is 18.0. The van der Waals surface area contributed by atoms with Gasteiger partial charge in [-0.15, -0.1) is 0 Å². The van der Waals surface area contributed by atoms with E-state index in [1.165, 1.54) is 5.56 Å². The lowest BCUT2D eigenvalue weighted by atomic mass is 10.1. The molecule has 0 bridgehead atoms. The molecule has 1 atom stereocenters. The second kappa shape index (κ2) is 6.26. The highest BCUT2D eigenvalue weighted by molar-refractivity contribution is 5.69. The van der Waals surface area contributed by atoms with Crippen molar-refractivity contribution in [3.05, 3.63) is 35.7 Å². The molecule has 2 heterocycles. The molecule has 128 valence electrons. The van der Waals surface area contributed by atoms with Gasteiger partial charge < -0.3 is 9.26 Å². The lowest BCUT2D eigenvalue weighted by Crippen LogP contribution is -2.36. The molecule has 2 aromatic rings. The molecule has 1 aromatic carbocycles. The van der Waals surface area contributed by atoms with E-state index in [-0.39, 0.29) is 12.1 Å². The van der Waals surface area contributed by atoms with Gasteiger partial charge in [-0.2, -0.15) is 4.98 Å². The average Bonchev–Trinajstić information content (AvgIpc) is 3.15. The summed E-state index contributed by atoms with van der Waals surface area (Å²) in [6.45, 7) is 8.25. The Kier molecular flexibility index (Phi) is 4.30. The van der Waals surface area contributed by atoms with Crippen LogP contribution in [0.3, 0.4) is 0 Å². The summed E-state index contributed by atoms with van der Waals surface area (Å²) in [4.78, 5) is 18.5. The molecule has 1 aromatic heterocycles.